The summed E-state index contributed by atoms with van der Waals surface area (Å²) in [5.74, 6) is 1.57. The van der Waals surface area contributed by atoms with E-state index in [0.717, 1.165) is 56.0 Å². The molecule has 0 saturated carbocycles. The van der Waals surface area contributed by atoms with Gasteiger partial charge in [0.05, 0.1) is 27.2 Å². The Morgan fingerprint density at radius 2 is 1.56 bits per heavy atom. The standard InChI is InChI=1S/C14H22N2O3.C13H18O2/c1-17-12-5-4-11(13(18-2)14(12)19-3)10-16-8-6-15-7-9-16;1-9(2)8-11-4-6-12(7-5-11)10(3)13(14)15/h4-5,15H,6-10H2,1-3H3;4-7,9-10H,8H2,1-3H3,(H,14,15). The number of aliphatic carboxylic acids is 1. The lowest BCUT2D eigenvalue weighted by Crippen LogP contribution is -2.42. The minimum absolute atomic E-state index is 0.418. The van der Waals surface area contributed by atoms with Crippen LogP contribution in [0.3, 0.4) is 0 Å². The van der Waals surface area contributed by atoms with Crippen molar-refractivity contribution in [2.75, 3.05) is 47.5 Å². The predicted molar refractivity (Wildman–Crippen MR) is 135 cm³/mol. The molecule has 188 valence electrons. The number of hydrogen-bond acceptors (Lipinski definition) is 6. The van der Waals surface area contributed by atoms with Gasteiger partial charge in [-0.25, -0.2) is 0 Å². The summed E-state index contributed by atoms with van der Waals surface area (Å²) in [5, 5.41) is 12.2. The number of nitrogens with one attached hydrogen (secondary N) is 1. The quantitative estimate of drug-likeness (QED) is 0.566. The molecule has 1 unspecified atom stereocenters. The van der Waals surface area contributed by atoms with Crippen molar-refractivity contribution >= 4 is 5.97 Å². The third kappa shape index (κ3) is 7.92. The van der Waals surface area contributed by atoms with Gasteiger partial charge in [-0.2, -0.15) is 0 Å². The molecule has 1 heterocycles. The number of piperazine rings is 1. The topological polar surface area (TPSA) is 80.3 Å². The monoisotopic (exact) mass is 472 g/mol. The van der Waals surface area contributed by atoms with Gasteiger partial charge in [-0.1, -0.05) is 44.2 Å². The summed E-state index contributed by atoms with van der Waals surface area (Å²) in [5.41, 5.74) is 3.27. The van der Waals surface area contributed by atoms with E-state index in [1.165, 1.54) is 5.56 Å². The van der Waals surface area contributed by atoms with Crippen LogP contribution >= 0.6 is 0 Å². The van der Waals surface area contributed by atoms with Gasteiger partial charge in [0, 0.05) is 38.3 Å². The van der Waals surface area contributed by atoms with Gasteiger partial charge >= 0.3 is 5.97 Å². The highest BCUT2D eigenvalue weighted by atomic mass is 16.5. The second-order valence-corrected chi connectivity index (χ2v) is 8.92. The second-order valence-electron chi connectivity index (χ2n) is 8.92. The molecule has 34 heavy (non-hydrogen) atoms. The number of methoxy groups -OCH3 is 3. The number of nitrogens with zero attached hydrogens (tertiary/aromatic N) is 1. The Hall–Kier alpha value is -2.77. The van der Waals surface area contributed by atoms with Crippen LogP contribution in [0.25, 0.3) is 0 Å². The summed E-state index contributed by atoms with van der Waals surface area (Å²) in [6.45, 7) is 11.1. The fourth-order valence-electron chi connectivity index (χ4n) is 3.95. The lowest BCUT2D eigenvalue weighted by atomic mass is 9.97. The van der Waals surface area contributed by atoms with E-state index in [9.17, 15) is 4.79 Å². The Labute approximate surface area is 204 Å². The molecule has 3 rings (SSSR count). The second kappa shape index (κ2) is 13.8. The molecule has 1 fully saturated rings. The molecule has 2 aromatic rings. The summed E-state index contributed by atoms with van der Waals surface area (Å²) in [4.78, 5) is 13.2. The Morgan fingerprint density at radius 1 is 0.941 bits per heavy atom. The minimum atomic E-state index is -0.772. The molecular weight excluding hydrogens is 432 g/mol. The lowest BCUT2D eigenvalue weighted by molar-refractivity contribution is -0.138. The van der Waals surface area contributed by atoms with Crippen molar-refractivity contribution < 1.29 is 24.1 Å². The zero-order valence-electron chi connectivity index (χ0n) is 21.4. The molecule has 2 N–H and O–H groups in total. The minimum Gasteiger partial charge on any atom is -0.493 e. The highest BCUT2D eigenvalue weighted by molar-refractivity contribution is 5.75. The van der Waals surface area contributed by atoms with E-state index in [2.05, 4.69) is 24.1 Å². The Morgan fingerprint density at radius 3 is 2.06 bits per heavy atom. The molecular formula is C27H40N2O5. The normalized spacial score (nSPS) is 14.7. The van der Waals surface area contributed by atoms with E-state index < -0.39 is 11.9 Å². The van der Waals surface area contributed by atoms with Crippen LogP contribution in [0.5, 0.6) is 17.2 Å². The molecule has 0 bridgehead atoms. The lowest BCUT2D eigenvalue weighted by Gasteiger charge is -2.28. The van der Waals surface area contributed by atoms with Gasteiger partial charge < -0.3 is 24.6 Å². The van der Waals surface area contributed by atoms with E-state index in [4.69, 9.17) is 19.3 Å². The van der Waals surface area contributed by atoms with Crippen molar-refractivity contribution in [1.82, 2.24) is 10.2 Å². The van der Waals surface area contributed by atoms with Crippen LogP contribution in [0.15, 0.2) is 36.4 Å². The van der Waals surface area contributed by atoms with Crippen molar-refractivity contribution in [2.24, 2.45) is 5.92 Å². The first kappa shape index (κ1) is 27.5. The average molecular weight is 473 g/mol. The van der Waals surface area contributed by atoms with Gasteiger partial charge in [-0.3, -0.25) is 9.69 Å². The maximum absolute atomic E-state index is 10.8. The Bertz CT molecular complexity index is 893. The van der Waals surface area contributed by atoms with Crippen molar-refractivity contribution in [3.05, 3.63) is 53.1 Å². The molecule has 0 radical (unpaired) electrons. The van der Waals surface area contributed by atoms with Crippen molar-refractivity contribution in [3.63, 3.8) is 0 Å². The van der Waals surface area contributed by atoms with E-state index in [1.54, 1.807) is 28.3 Å². The Kier molecular flexibility index (Phi) is 11.2. The van der Waals surface area contributed by atoms with Gasteiger partial charge in [-0.05, 0) is 36.5 Å². The predicted octanol–water partition coefficient (Wildman–Crippen LogP) is 4.19. The zero-order chi connectivity index (χ0) is 25.1. The molecule has 0 aliphatic carbocycles. The summed E-state index contributed by atoms with van der Waals surface area (Å²) in [6, 6.07) is 11.8. The summed E-state index contributed by atoms with van der Waals surface area (Å²) in [7, 11) is 4.93. The molecule has 1 saturated heterocycles. The maximum Gasteiger partial charge on any atom is 0.310 e. The van der Waals surface area contributed by atoms with E-state index in [-0.39, 0.29) is 0 Å². The van der Waals surface area contributed by atoms with Crippen LogP contribution in [-0.2, 0) is 17.8 Å². The Balaban J connectivity index is 0.000000248. The number of carbonyl (C=O) groups is 1. The molecule has 1 aliphatic rings. The molecule has 0 spiro atoms. The third-order valence-electron chi connectivity index (χ3n) is 5.88. The highest BCUT2D eigenvalue weighted by Gasteiger charge is 2.18. The molecule has 0 aromatic heterocycles. The molecule has 1 atom stereocenters. The SMILES string of the molecule is CC(C)Cc1ccc(C(C)C(=O)O)cc1.COc1ccc(CN2CCNCC2)c(OC)c1OC. The summed E-state index contributed by atoms with van der Waals surface area (Å²) >= 11 is 0. The first-order valence-corrected chi connectivity index (χ1v) is 11.8. The number of hydrogen-bond donors (Lipinski definition) is 2. The van der Waals surface area contributed by atoms with Crippen LogP contribution in [0.4, 0.5) is 0 Å². The molecule has 7 heteroatoms. The van der Waals surface area contributed by atoms with Gasteiger partial charge in [0.15, 0.2) is 11.5 Å². The molecule has 0 amide bonds. The number of carboxylic acids is 1. The number of benzene rings is 2. The van der Waals surface area contributed by atoms with E-state index >= 15 is 0 Å². The molecule has 2 aromatic carbocycles. The largest absolute Gasteiger partial charge is 0.493 e. The molecule has 1 aliphatic heterocycles. The molecule has 7 nitrogen and oxygen atoms in total. The zero-order valence-corrected chi connectivity index (χ0v) is 21.4. The van der Waals surface area contributed by atoms with Crippen LogP contribution < -0.4 is 19.5 Å². The first-order chi connectivity index (χ1) is 16.3. The van der Waals surface area contributed by atoms with Crippen LogP contribution in [0.1, 0.15) is 43.4 Å². The summed E-state index contributed by atoms with van der Waals surface area (Å²) in [6.07, 6.45) is 1.04. The van der Waals surface area contributed by atoms with E-state index in [1.807, 2.05) is 36.4 Å². The fourth-order valence-corrected chi connectivity index (χ4v) is 3.95. The third-order valence-corrected chi connectivity index (χ3v) is 5.88. The fraction of sp³-hybridized carbons (Fsp3) is 0.519. The van der Waals surface area contributed by atoms with Crippen LogP contribution in [0, 0.1) is 5.92 Å². The maximum atomic E-state index is 10.8. The van der Waals surface area contributed by atoms with Crippen molar-refractivity contribution in [1.29, 1.82) is 0 Å². The van der Waals surface area contributed by atoms with Crippen LogP contribution in [-0.4, -0.2) is 63.5 Å². The van der Waals surface area contributed by atoms with Crippen molar-refractivity contribution in [2.45, 2.75) is 39.7 Å². The van der Waals surface area contributed by atoms with Gasteiger partial charge in [-0.15, -0.1) is 0 Å². The first-order valence-electron chi connectivity index (χ1n) is 11.8. The number of ether oxygens (including phenoxy) is 3. The van der Waals surface area contributed by atoms with Gasteiger partial charge in [0.1, 0.15) is 0 Å². The van der Waals surface area contributed by atoms with Gasteiger partial charge in [0.25, 0.3) is 0 Å². The summed E-state index contributed by atoms with van der Waals surface area (Å²) < 4.78 is 16.2. The van der Waals surface area contributed by atoms with Crippen molar-refractivity contribution in [3.8, 4) is 17.2 Å². The smallest absolute Gasteiger partial charge is 0.310 e. The number of rotatable bonds is 9. The average Bonchev–Trinajstić information content (AvgIpc) is 2.84. The van der Waals surface area contributed by atoms with Crippen LogP contribution in [0.2, 0.25) is 0 Å². The number of carboxylic acid groups (broad SMARTS) is 1. The highest BCUT2D eigenvalue weighted by Crippen LogP contribution is 2.40. The van der Waals surface area contributed by atoms with Gasteiger partial charge in [0.2, 0.25) is 5.75 Å². The van der Waals surface area contributed by atoms with E-state index in [0.29, 0.717) is 17.4 Å².